The zero-order valence-electron chi connectivity index (χ0n) is 11.1. The monoisotopic (exact) mass is 290 g/mol. The number of nitrogens with zero attached hydrogens (tertiary/aromatic N) is 1. The molecule has 1 fully saturated rings. The third kappa shape index (κ3) is 2.64. The van der Waals surface area contributed by atoms with Gasteiger partial charge in [0.2, 0.25) is 11.8 Å². The zero-order chi connectivity index (χ0) is 15.0. The lowest BCUT2D eigenvalue weighted by atomic mass is 10.1. The number of amides is 2. The second kappa shape index (κ2) is 5.04. The molecule has 3 rings (SSSR count). The van der Waals surface area contributed by atoms with Crippen LogP contribution < -0.4 is 16.0 Å². The molecule has 0 saturated carbocycles. The van der Waals surface area contributed by atoms with Gasteiger partial charge in [0.15, 0.2) is 0 Å². The quantitative estimate of drug-likeness (QED) is 0.560. The SMILES string of the molecule is O=C1Cc2cc([N+](=O)[O-])c(NCC3CCC(=O)N3)cc2N1. The number of carbonyl (C=O) groups is 2. The number of nitro benzene ring substituents is 1. The van der Waals surface area contributed by atoms with Gasteiger partial charge in [-0.2, -0.15) is 0 Å². The fourth-order valence-corrected chi connectivity index (χ4v) is 2.62. The van der Waals surface area contributed by atoms with E-state index >= 15 is 0 Å². The molecule has 110 valence electrons. The summed E-state index contributed by atoms with van der Waals surface area (Å²) in [6, 6.07) is 2.97. The highest BCUT2D eigenvalue weighted by molar-refractivity contribution is 6.00. The van der Waals surface area contributed by atoms with Crippen molar-refractivity contribution < 1.29 is 14.5 Å². The minimum absolute atomic E-state index is 0.00230. The minimum Gasteiger partial charge on any atom is -0.377 e. The van der Waals surface area contributed by atoms with Gasteiger partial charge in [-0.1, -0.05) is 0 Å². The van der Waals surface area contributed by atoms with Crippen molar-refractivity contribution >= 4 is 28.9 Å². The Labute approximate surface area is 120 Å². The van der Waals surface area contributed by atoms with Crippen molar-refractivity contribution in [3.8, 4) is 0 Å². The fraction of sp³-hybridized carbons (Fsp3) is 0.385. The largest absolute Gasteiger partial charge is 0.377 e. The molecule has 0 aliphatic carbocycles. The summed E-state index contributed by atoms with van der Waals surface area (Å²) in [4.78, 5) is 33.1. The molecular formula is C13H14N4O4. The zero-order valence-corrected chi connectivity index (χ0v) is 11.1. The molecule has 0 spiro atoms. The van der Waals surface area contributed by atoms with E-state index in [0.29, 0.717) is 36.3 Å². The van der Waals surface area contributed by atoms with Crippen LogP contribution >= 0.6 is 0 Å². The van der Waals surface area contributed by atoms with Crippen LogP contribution in [0.5, 0.6) is 0 Å². The number of anilines is 2. The number of benzene rings is 1. The van der Waals surface area contributed by atoms with E-state index in [-0.39, 0.29) is 30.0 Å². The first kappa shape index (κ1) is 13.3. The number of hydrogen-bond acceptors (Lipinski definition) is 5. The van der Waals surface area contributed by atoms with Gasteiger partial charge in [0.25, 0.3) is 5.69 Å². The van der Waals surface area contributed by atoms with E-state index in [9.17, 15) is 19.7 Å². The Morgan fingerprint density at radius 2 is 2.14 bits per heavy atom. The molecule has 8 nitrogen and oxygen atoms in total. The van der Waals surface area contributed by atoms with Crippen molar-refractivity contribution in [1.82, 2.24) is 5.32 Å². The lowest BCUT2D eigenvalue weighted by molar-refractivity contribution is -0.384. The van der Waals surface area contributed by atoms with Gasteiger partial charge in [0.1, 0.15) is 5.69 Å². The fourth-order valence-electron chi connectivity index (χ4n) is 2.62. The average molecular weight is 290 g/mol. The first-order valence-corrected chi connectivity index (χ1v) is 6.67. The predicted molar refractivity (Wildman–Crippen MR) is 75.1 cm³/mol. The van der Waals surface area contributed by atoms with Gasteiger partial charge in [0.05, 0.1) is 11.3 Å². The molecule has 2 heterocycles. The second-order valence-electron chi connectivity index (χ2n) is 5.19. The van der Waals surface area contributed by atoms with Gasteiger partial charge in [-0.3, -0.25) is 19.7 Å². The van der Waals surface area contributed by atoms with Crippen LogP contribution in [0, 0.1) is 10.1 Å². The lowest BCUT2D eigenvalue weighted by Crippen LogP contribution is -2.31. The third-order valence-corrected chi connectivity index (χ3v) is 3.67. The Morgan fingerprint density at radius 1 is 1.33 bits per heavy atom. The Morgan fingerprint density at radius 3 is 2.81 bits per heavy atom. The van der Waals surface area contributed by atoms with Crippen LogP contribution in [0.2, 0.25) is 0 Å². The van der Waals surface area contributed by atoms with Crippen molar-refractivity contribution in [2.75, 3.05) is 17.2 Å². The van der Waals surface area contributed by atoms with Crippen molar-refractivity contribution in [1.29, 1.82) is 0 Å². The highest BCUT2D eigenvalue weighted by Crippen LogP contribution is 2.34. The first-order chi connectivity index (χ1) is 10.0. The highest BCUT2D eigenvalue weighted by Gasteiger charge is 2.26. The summed E-state index contributed by atoms with van der Waals surface area (Å²) in [6.45, 7) is 0.416. The van der Waals surface area contributed by atoms with Crippen molar-refractivity contribution in [2.24, 2.45) is 0 Å². The van der Waals surface area contributed by atoms with E-state index < -0.39 is 4.92 Å². The summed E-state index contributed by atoms with van der Waals surface area (Å²) in [5, 5.41) is 19.6. The molecule has 3 N–H and O–H groups in total. The summed E-state index contributed by atoms with van der Waals surface area (Å²) < 4.78 is 0. The topological polar surface area (TPSA) is 113 Å². The molecule has 0 aromatic heterocycles. The van der Waals surface area contributed by atoms with Crippen LogP contribution in [0.1, 0.15) is 18.4 Å². The van der Waals surface area contributed by atoms with Crippen molar-refractivity contribution in [3.05, 3.63) is 27.8 Å². The highest BCUT2D eigenvalue weighted by atomic mass is 16.6. The van der Waals surface area contributed by atoms with E-state index in [1.54, 1.807) is 6.07 Å². The van der Waals surface area contributed by atoms with E-state index in [1.165, 1.54) is 6.07 Å². The van der Waals surface area contributed by atoms with Gasteiger partial charge in [-0.05, 0) is 18.1 Å². The summed E-state index contributed by atoms with van der Waals surface area (Å²) in [5.41, 5.74) is 1.52. The van der Waals surface area contributed by atoms with Crippen molar-refractivity contribution in [3.63, 3.8) is 0 Å². The summed E-state index contributed by atoms with van der Waals surface area (Å²) in [6.07, 6.45) is 1.35. The molecule has 2 amide bonds. The summed E-state index contributed by atoms with van der Waals surface area (Å²) in [5.74, 6) is -0.169. The maximum atomic E-state index is 11.3. The number of hydrogen-bond donors (Lipinski definition) is 3. The first-order valence-electron chi connectivity index (χ1n) is 6.67. The molecule has 0 bridgehead atoms. The molecule has 21 heavy (non-hydrogen) atoms. The second-order valence-corrected chi connectivity index (χ2v) is 5.19. The van der Waals surface area contributed by atoms with E-state index in [0.717, 1.165) is 0 Å². The maximum absolute atomic E-state index is 11.3. The number of rotatable bonds is 4. The number of nitrogens with one attached hydrogen (secondary N) is 3. The predicted octanol–water partition coefficient (Wildman–Crippen LogP) is 0.780. The molecule has 1 saturated heterocycles. The van der Waals surface area contributed by atoms with Crippen LogP contribution in [0.25, 0.3) is 0 Å². The third-order valence-electron chi connectivity index (χ3n) is 3.67. The van der Waals surface area contributed by atoms with Crippen LogP contribution in [0.3, 0.4) is 0 Å². The van der Waals surface area contributed by atoms with E-state index in [2.05, 4.69) is 16.0 Å². The number of fused-ring (bicyclic) bond motifs is 1. The smallest absolute Gasteiger partial charge is 0.292 e. The van der Waals surface area contributed by atoms with Gasteiger partial charge < -0.3 is 16.0 Å². The molecule has 1 aromatic rings. The number of nitro groups is 1. The normalized spacial score (nSPS) is 19.9. The van der Waals surface area contributed by atoms with Gasteiger partial charge >= 0.3 is 0 Å². The molecule has 1 aromatic carbocycles. The maximum Gasteiger partial charge on any atom is 0.292 e. The molecule has 2 aliphatic heterocycles. The Balaban J connectivity index is 1.80. The average Bonchev–Trinajstić information content (AvgIpc) is 2.99. The molecule has 1 atom stereocenters. The van der Waals surface area contributed by atoms with Crippen LogP contribution in [-0.2, 0) is 16.0 Å². The van der Waals surface area contributed by atoms with E-state index in [1.807, 2.05) is 0 Å². The van der Waals surface area contributed by atoms with Crippen molar-refractivity contribution in [2.45, 2.75) is 25.3 Å². The molecule has 8 heteroatoms. The Kier molecular flexibility index (Phi) is 3.20. The summed E-state index contributed by atoms with van der Waals surface area (Å²) >= 11 is 0. The standard InChI is InChI=1S/C13H14N4O4/c18-12-2-1-8(15-12)6-14-10-5-9-7(4-13(19)16-9)3-11(10)17(20)21/h3,5,8,14H,1-2,4,6H2,(H,15,18)(H,16,19). The number of carbonyl (C=O) groups excluding carboxylic acids is 2. The Bertz CT molecular complexity index is 643. The molecular weight excluding hydrogens is 276 g/mol. The van der Waals surface area contributed by atoms with E-state index in [4.69, 9.17) is 0 Å². The van der Waals surface area contributed by atoms with Crippen LogP contribution in [-0.4, -0.2) is 29.3 Å². The minimum atomic E-state index is -0.474. The molecule has 2 aliphatic rings. The molecule has 0 radical (unpaired) electrons. The van der Waals surface area contributed by atoms with Crippen LogP contribution in [0.4, 0.5) is 17.1 Å². The van der Waals surface area contributed by atoms with Gasteiger partial charge in [-0.25, -0.2) is 0 Å². The van der Waals surface area contributed by atoms with Gasteiger partial charge in [0, 0.05) is 30.8 Å². The summed E-state index contributed by atoms with van der Waals surface area (Å²) in [7, 11) is 0. The lowest BCUT2D eigenvalue weighted by Gasteiger charge is -2.13. The van der Waals surface area contributed by atoms with Gasteiger partial charge in [-0.15, -0.1) is 0 Å². The van der Waals surface area contributed by atoms with Crippen LogP contribution in [0.15, 0.2) is 12.1 Å². The molecule has 1 unspecified atom stereocenters. The Hall–Kier alpha value is -2.64.